The van der Waals surface area contributed by atoms with Crippen LogP contribution in [0, 0.1) is 5.82 Å². The number of rotatable bonds is 6. The van der Waals surface area contributed by atoms with E-state index in [0.717, 1.165) is 0 Å². The van der Waals surface area contributed by atoms with Crippen LogP contribution in [-0.2, 0) is 20.7 Å². The van der Waals surface area contributed by atoms with Crippen molar-refractivity contribution in [2.24, 2.45) is 0 Å². The summed E-state index contributed by atoms with van der Waals surface area (Å²) in [5.41, 5.74) is 0.418. The van der Waals surface area contributed by atoms with E-state index < -0.39 is 30.7 Å². The van der Waals surface area contributed by atoms with Gasteiger partial charge < -0.3 is 19.5 Å². The van der Waals surface area contributed by atoms with Gasteiger partial charge >= 0.3 is 5.97 Å². The van der Waals surface area contributed by atoms with Crippen molar-refractivity contribution >= 4 is 34.9 Å². The summed E-state index contributed by atoms with van der Waals surface area (Å²) in [5, 5.41) is 2.58. The van der Waals surface area contributed by atoms with E-state index in [1.54, 1.807) is 0 Å². The number of carbonyl (C=O) groups is 3. The van der Waals surface area contributed by atoms with Crippen molar-refractivity contribution in [1.82, 2.24) is 0 Å². The van der Waals surface area contributed by atoms with Crippen molar-refractivity contribution in [3.8, 4) is 11.5 Å². The van der Waals surface area contributed by atoms with Gasteiger partial charge in [-0.3, -0.25) is 14.4 Å². The Hall–Kier alpha value is -3.13. The van der Waals surface area contributed by atoms with Crippen LogP contribution in [0.1, 0.15) is 22.8 Å². The van der Waals surface area contributed by atoms with E-state index in [0.29, 0.717) is 11.5 Å². The maximum absolute atomic E-state index is 13.7. The van der Waals surface area contributed by atoms with Gasteiger partial charge in [-0.2, -0.15) is 0 Å². The molecule has 1 N–H and O–H groups in total. The normalized spacial score (nSPS) is 11.8. The summed E-state index contributed by atoms with van der Waals surface area (Å²) in [6.07, 6.45) is -0.415. The van der Waals surface area contributed by atoms with Gasteiger partial charge in [-0.05, 0) is 25.1 Å². The highest BCUT2D eigenvalue weighted by atomic mass is 35.5. The molecule has 0 saturated heterocycles. The SMILES string of the molecule is CC(=O)c1cc2c(cc1NC(=O)COC(=O)Cc1c(F)cccc1Cl)OCO2. The largest absolute Gasteiger partial charge is 0.455 e. The fourth-order valence-corrected chi connectivity index (χ4v) is 2.80. The molecule has 3 rings (SSSR count). The molecule has 1 aliphatic heterocycles. The molecule has 146 valence electrons. The fourth-order valence-electron chi connectivity index (χ4n) is 2.57. The summed E-state index contributed by atoms with van der Waals surface area (Å²) < 4.78 is 29.0. The van der Waals surface area contributed by atoms with Crippen LogP contribution in [-0.4, -0.2) is 31.1 Å². The van der Waals surface area contributed by atoms with E-state index in [-0.39, 0.29) is 34.4 Å². The molecule has 0 saturated carbocycles. The van der Waals surface area contributed by atoms with Gasteiger partial charge in [-0.25, -0.2) is 4.39 Å². The molecule has 9 heteroatoms. The molecule has 0 radical (unpaired) electrons. The molecular weight excluding hydrogens is 393 g/mol. The van der Waals surface area contributed by atoms with Gasteiger partial charge in [0.25, 0.3) is 5.91 Å². The van der Waals surface area contributed by atoms with Gasteiger partial charge in [-0.1, -0.05) is 17.7 Å². The number of esters is 1. The van der Waals surface area contributed by atoms with E-state index in [4.69, 9.17) is 25.8 Å². The highest BCUT2D eigenvalue weighted by Crippen LogP contribution is 2.37. The van der Waals surface area contributed by atoms with E-state index in [2.05, 4.69) is 5.32 Å². The van der Waals surface area contributed by atoms with Crippen LogP contribution in [0.3, 0.4) is 0 Å². The molecule has 0 atom stereocenters. The van der Waals surface area contributed by atoms with Gasteiger partial charge in [0, 0.05) is 22.2 Å². The molecule has 0 aromatic heterocycles. The summed E-state index contributed by atoms with van der Waals surface area (Å²) >= 11 is 5.86. The van der Waals surface area contributed by atoms with Crippen LogP contribution in [0.2, 0.25) is 5.02 Å². The number of ketones is 1. The van der Waals surface area contributed by atoms with Gasteiger partial charge in [0.1, 0.15) is 5.82 Å². The third-order valence-corrected chi connectivity index (χ3v) is 4.27. The Kier molecular flexibility index (Phi) is 5.79. The standard InChI is InChI=1S/C19H15ClFNO6/c1-10(23)11-5-16-17(28-9-27-16)7-15(11)22-18(24)8-26-19(25)6-12-13(20)3-2-4-14(12)21/h2-5,7H,6,8-9H2,1H3,(H,22,24). The number of amides is 1. The molecule has 0 unspecified atom stereocenters. The van der Waals surface area contributed by atoms with Crippen molar-refractivity contribution in [1.29, 1.82) is 0 Å². The number of hydrogen-bond acceptors (Lipinski definition) is 6. The van der Waals surface area contributed by atoms with Gasteiger partial charge in [-0.15, -0.1) is 0 Å². The van der Waals surface area contributed by atoms with E-state index in [1.807, 2.05) is 0 Å². The Morgan fingerprint density at radius 3 is 2.61 bits per heavy atom. The first kappa shape index (κ1) is 19.6. The number of benzene rings is 2. The maximum atomic E-state index is 13.7. The Morgan fingerprint density at radius 2 is 1.93 bits per heavy atom. The Morgan fingerprint density at radius 1 is 1.21 bits per heavy atom. The van der Waals surface area contributed by atoms with Gasteiger partial charge in [0.05, 0.1) is 12.1 Å². The summed E-state index contributed by atoms with van der Waals surface area (Å²) in [6.45, 7) is 0.738. The number of hydrogen-bond donors (Lipinski definition) is 1. The minimum atomic E-state index is -0.820. The molecule has 1 amide bonds. The second-order valence-corrected chi connectivity index (χ2v) is 6.30. The lowest BCUT2D eigenvalue weighted by Crippen LogP contribution is -2.22. The first-order valence-electron chi connectivity index (χ1n) is 8.18. The van der Waals surface area contributed by atoms with Crippen molar-refractivity contribution in [2.45, 2.75) is 13.3 Å². The summed E-state index contributed by atoms with van der Waals surface area (Å²) in [7, 11) is 0. The van der Waals surface area contributed by atoms with Gasteiger partial charge in [0.2, 0.25) is 6.79 Å². The highest BCUT2D eigenvalue weighted by Gasteiger charge is 2.21. The third kappa shape index (κ3) is 4.40. The zero-order valence-electron chi connectivity index (χ0n) is 14.7. The second kappa shape index (κ2) is 8.26. The molecule has 1 heterocycles. The van der Waals surface area contributed by atoms with Crippen LogP contribution < -0.4 is 14.8 Å². The van der Waals surface area contributed by atoms with Gasteiger partial charge in [0.15, 0.2) is 23.9 Å². The maximum Gasteiger partial charge on any atom is 0.310 e. The summed E-state index contributed by atoms with van der Waals surface area (Å²) in [5.74, 6) is -1.64. The average molecular weight is 408 g/mol. The molecule has 0 aliphatic carbocycles. The minimum Gasteiger partial charge on any atom is -0.455 e. The van der Waals surface area contributed by atoms with Crippen LogP contribution in [0.5, 0.6) is 11.5 Å². The van der Waals surface area contributed by atoms with Crippen LogP contribution in [0.4, 0.5) is 10.1 Å². The van der Waals surface area contributed by atoms with Crippen LogP contribution in [0.25, 0.3) is 0 Å². The average Bonchev–Trinajstić information content (AvgIpc) is 3.10. The van der Waals surface area contributed by atoms with E-state index in [1.165, 1.54) is 37.3 Å². The lowest BCUT2D eigenvalue weighted by atomic mass is 10.1. The lowest BCUT2D eigenvalue weighted by molar-refractivity contribution is -0.146. The number of fused-ring (bicyclic) bond motifs is 1. The Labute approximate surface area is 164 Å². The van der Waals surface area contributed by atoms with Crippen molar-refractivity contribution in [3.05, 3.63) is 52.3 Å². The molecule has 28 heavy (non-hydrogen) atoms. The highest BCUT2D eigenvalue weighted by molar-refractivity contribution is 6.31. The molecule has 2 aromatic carbocycles. The minimum absolute atomic E-state index is 0.00999. The van der Waals surface area contributed by atoms with Crippen molar-refractivity contribution < 1.29 is 33.0 Å². The van der Waals surface area contributed by atoms with E-state index in [9.17, 15) is 18.8 Å². The smallest absolute Gasteiger partial charge is 0.310 e. The zero-order chi connectivity index (χ0) is 20.3. The first-order chi connectivity index (χ1) is 13.3. The number of ether oxygens (including phenoxy) is 3. The molecule has 0 spiro atoms. The number of carbonyl (C=O) groups excluding carboxylic acids is 3. The van der Waals surface area contributed by atoms with Crippen LogP contribution in [0.15, 0.2) is 30.3 Å². The van der Waals surface area contributed by atoms with Crippen LogP contribution >= 0.6 is 11.6 Å². The quantitative estimate of drug-likeness (QED) is 0.584. The molecule has 7 nitrogen and oxygen atoms in total. The summed E-state index contributed by atoms with van der Waals surface area (Å²) in [6, 6.07) is 6.95. The molecule has 0 fully saturated rings. The fraction of sp³-hybridized carbons (Fsp3) is 0.211. The van der Waals surface area contributed by atoms with Crippen molar-refractivity contribution in [3.63, 3.8) is 0 Å². The molecule has 0 bridgehead atoms. The Bertz CT molecular complexity index is 941. The van der Waals surface area contributed by atoms with E-state index >= 15 is 0 Å². The Balaban J connectivity index is 1.62. The number of nitrogens with one attached hydrogen (secondary N) is 1. The topological polar surface area (TPSA) is 90.9 Å². The number of Topliss-reactive ketones (excluding diaryl/α,β-unsaturated/α-hetero) is 1. The molecule has 1 aliphatic rings. The molecular formula is C19H15ClFNO6. The number of halogens is 2. The zero-order valence-corrected chi connectivity index (χ0v) is 15.5. The third-order valence-electron chi connectivity index (χ3n) is 3.91. The lowest BCUT2D eigenvalue weighted by Gasteiger charge is -2.11. The second-order valence-electron chi connectivity index (χ2n) is 5.89. The monoisotopic (exact) mass is 407 g/mol. The van der Waals surface area contributed by atoms with Crippen molar-refractivity contribution in [2.75, 3.05) is 18.7 Å². The number of anilines is 1. The molecule has 2 aromatic rings. The first-order valence-corrected chi connectivity index (χ1v) is 8.56. The predicted octanol–water partition coefficient (Wildman–Crippen LogP) is 3.13. The predicted molar refractivity (Wildman–Crippen MR) is 97.3 cm³/mol. The summed E-state index contributed by atoms with van der Waals surface area (Å²) in [4.78, 5) is 35.8.